The van der Waals surface area contributed by atoms with E-state index in [4.69, 9.17) is 4.98 Å². The van der Waals surface area contributed by atoms with Crippen LogP contribution in [0.1, 0.15) is 59.0 Å². The van der Waals surface area contributed by atoms with E-state index < -0.39 is 0 Å². The molecule has 0 fully saturated rings. The molecule has 3 aromatic heterocycles. The van der Waals surface area contributed by atoms with Gasteiger partial charge < -0.3 is 0 Å². The van der Waals surface area contributed by atoms with E-state index >= 15 is 0 Å². The van der Waals surface area contributed by atoms with Gasteiger partial charge in [-0.1, -0.05) is 56.7 Å². The largest absolute Gasteiger partial charge is 0.283 e. The quantitative estimate of drug-likeness (QED) is 0.317. The first-order valence-electron chi connectivity index (χ1n) is 10.3. The summed E-state index contributed by atoms with van der Waals surface area (Å²) in [5.74, 6) is 0. The van der Waals surface area contributed by atoms with Gasteiger partial charge in [0.05, 0.1) is 11.9 Å². The highest BCUT2D eigenvalue weighted by atomic mass is 32.1. The molecular weight excluding hydrogens is 372 g/mol. The summed E-state index contributed by atoms with van der Waals surface area (Å²) in [5, 5.41) is 3.85. The Balaban J connectivity index is 2.16. The average Bonchev–Trinajstić information content (AvgIpc) is 3.24. The first-order valence-corrected chi connectivity index (χ1v) is 11.1. The van der Waals surface area contributed by atoms with Gasteiger partial charge in [-0.3, -0.25) is 4.40 Å². The zero-order chi connectivity index (χ0) is 20.9. The van der Waals surface area contributed by atoms with E-state index in [0.717, 1.165) is 12.1 Å². The van der Waals surface area contributed by atoms with Crippen LogP contribution in [0.4, 0.5) is 0 Å². The molecule has 4 aromatic rings. The maximum Gasteiger partial charge on any atom is 0.146 e. The van der Waals surface area contributed by atoms with Crippen molar-refractivity contribution in [2.75, 3.05) is 0 Å². The van der Waals surface area contributed by atoms with Gasteiger partial charge in [0.25, 0.3) is 0 Å². The zero-order valence-electron chi connectivity index (χ0n) is 18.6. The number of allylic oxidation sites excluding steroid dienone is 4. The molecule has 0 atom stereocenters. The van der Waals surface area contributed by atoms with Crippen molar-refractivity contribution in [1.29, 1.82) is 0 Å². The van der Waals surface area contributed by atoms with Gasteiger partial charge in [0.2, 0.25) is 0 Å². The third kappa shape index (κ3) is 3.42. The first-order chi connectivity index (χ1) is 13.7. The van der Waals surface area contributed by atoms with Crippen LogP contribution < -0.4 is 0 Å². The SMILES string of the molecule is C/C=C(/C)C(=C(C)C)c1cnc2c3ccccc3c3cc(CC(C)(C)C)sc3n12. The highest BCUT2D eigenvalue weighted by Gasteiger charge is 2.20. The molecule has 0 unspecified atom stereocenters. The highest BCUT2D eigenvalue weighted by molar-refractivity contribution is 7.18. The highest BCUT2D eigenvalue weighted by Crippen LogP contribution is 2.39. The van der Waals surface area contributed by atoms with Crippen LogP contribution in [0.5, 0.6) is 0 Å². The number of fused-ring (bicyclic) bond motifs is 6. The molecule has 0 aliphatic rings. The van der Waals surface area contributed by atoms with Crippen molar-refractivity contribution in [3.63, 3.8) is 0 Å². The molecule has 29 heavy (non-hydrogen) atoms. The molecule has 0 amide bonds. The molecule has 1 aromatic carbocycles. The Morgan fingerprint density at radius 1 is 1.07 bits per heavy atom. The van der Waals surface area contributed by atoms with Gasteiger partial charge in [-0.25, -0.2) is 4.98 Å². The predicted molar refractivity (Wildman–Crippen MR) is 129 cm³/mol. The Morgan fingerprint density at radius 3 is 2.38 bits per heavy atom. The fraction of sp³-hybridized carbons (Fsp3) is 0.346. The lowest BCUT2D eigenvalue weighted by atomic mass is 9.91. The summed E-state index contributed by atoms with van der Waals surface area (Å²) in [4.78, 5) is 7.64. The smallest absolute Gasteiger partial charge is 0.146 e. The monoisotopic (exact) mass is 402 g/mol. The molecule has 0 N–H and O–H groups in total. The lowest BCUT2D eigenvalue weighted by Crippen LogP contribution is -2.07. The lowest BCUT2D eigenvalue weighted by Gasteiger charge is -2.16. The number of imidazole rings is 1. The minimum Gasteiger partial charge on any atom is -0.283 e. The topological polar surface area (TPSA) is 17.3 Å². The fourth-order valence-electron chi connectivity index (χ4n) is 4.23. The van der Waals surface area contributed by atoms with Gasteiger partial charge in [-0.15, -0.1) is 11.3 Å². The van der Waals surface area contributed by atoms with Crippen LogP contribution in [0.2, 0.25) is 0 Å². The van der Waals surface area contributed by atoms with Crippen LogP contribution in [0, 0.1) is 5.41 Å². The van der Waals surface area contributed by atoms with Gasteiger partial charge in [0.15, 0.2) is 0 Å². The van der Waals surface area contributed by atoms with Crippen molar-refractivity contribution in [3.8, 4) is 0 Å². The van der Waals surface area contributed by atoms with Crippen LogP contribution >= 0.6 is 11.3 Å². The molecule has 0 bridgehead atoms. The van der Waals surface area contributed by atoms with E-state index in [2.05, 4.69) is 95.5 Å². The Hall–Kier alpha value is -2.39. The van der Waals surface area contributed by atoms with E-state index in [1.54, 1.807) is 0 Å². The second-order valence-corrected chi connectivity index (χ2v) is 10.5. The number of nitrogens with zero attached hydrogens (tertiary/aromatic N) is 2. The fourth-order valence-corrected chi connectivity index (χ4v) is 5.72. The summed E-state index contributed by atoms with van der Waals surface area (Å²) >= 11 is 1.92. The van der Waals surface area contributed by atoms with E-state index in [0.29, 0.717) is 0 Å². The number of pyridine rings is 1. The van der Waals surface area contributed by atoms with E-state index in [-0.39, 0.29) is 5.41 Å². The molecule has 0 radical (unpaired) electrons. The molecule has 150 valence electrons. The Labute approximate surface area is 177 Å². The van der Waals surface area contributed by atoms with Gasteiger partial charge >= 0.3 is 0 Å². The first kappa shape index (κ1) is 19.9. The Morgan fingerprint density at radius 2 is 1.76 bits per heavy atom. The number of hydrogen-bond acceptors (Lipinski definition) is 2. The number of thiophene rings is 1. The molecule has 4 rings (SSSR count). The zero-order valence-corrected chi connectivity index (χ0v) is 19.4. The molecular formula is C26H30N2S. The molecule has 3 heteroatoms. The third-order valence-electron chi connectivity index (χ3n) is 5.47. The standard InChI is InChI=1S/C26H30N2S/c1-8-17(4)23(16(2)3)22-15-27-24-20-12-10-9-11-19(20)21-13-18(14-26(5,6)7)29-25(21)28(22)24/h8-13,15H,14H2,1-7H3/b17-8-. The van der Waals surface area contributed by atoms with Gasteiger partial charge in [0, 0.05) is 21.2 Å². The number of benzene rings is 1. The van der Waals surface area contributed by atoms with Crippen LogP contribution in [0.15, 0.2) is 53.8 Å². The van der Waals surface area contributed by atoms with Crippen molar-refractivity contribution >= 4 is 43.5 Å². The van der Waals surface area contributed by atoms with Crippen LogP contribution in [-0.2, 0) is 6.42 Å². The molecule has 2 nitrogen and oxygen atoms in total. The van der Waals surface area contributed by atoms with Crippen molar-refractivity contribution in [2.24, 2.45) is 5.41 Å². The van der Waals surface area contributed by atoms with Gasteiger partial charge in [0.1, 0.15) is 10.5 Å². The van der Waals surface area contributed by atoms with Gasteiger partial charge in [-0.05, 0) is 56.6 Å². The summed E-state index contributed by atoms with van der Waals surface area (Å²) in [5.41, 5.74) is 6.41. The van der Waals surface area contributed by atoms with Gasteiger partial charge in [-0.2, -0.15) is 0 Å². The lowest BCUT2D eigenvalue weighted by molar-refractivity contribution is 0.415. The molecule has 0 aliphatic heterocycles. The molecule has 0 spiro atoms. The predicted octanol–water partition coefficient (Wildman–Crippen LogP) is 8.05. The van der Waals surface area contributed by atoms with Crippen molar-refractivity contribution in [3.05, 3.63) is 64.3 Å². The summed E-state index contributed by atoms with van der Waals surface area (Å²) in [6.45, 7) is 15.6. The van der Waals surface area contributed by atoms with Crippen LogP contribution in [-0.4, -0.2) is 9.38 Å². The average molecular weight is 403 g/mol. The normalized spacial score (nSPS) is 13.0. The minimum atomic E-state index is 0.264. The molecule has 3 heterocycles. The molecule has 0 aliphatic carbocycles. The minimum absolute atomic E-state index is 0.264. The molecule has 0 saturated carbocycles. The maximum absolute atomic E-state index is 4.91. The van der Waals surface area contributed by atoms with Crippen LogP contribution in [0.3, 0.4) is 0 Å². The van der Waals surface area contributed by atoms with Crippen LogP contribution in [0.25, 0.3) is 32.2 Å². The summed E-state index contributed by atoms with van der Waals surface area (Å²) in [7, 11) is 0. The van der Waals surface area contributed by atoms with Crippen molar-refractivity contribution < 1.29 is 0 Å². The van der Waals surface area contributed by atoms with E-state index in [9.17, 15) is 0 Å². The Bertz CT molecular complexity index is 1290. The van der Waals surface area contributed by atoms with E-state index in [1.165, 1.54) is 48.3 Å². The third-order valence-corrected chi connectivity index (χ3v) is 6.59. The van der Waals surface area contributed by atoms with E-state index in [1.807, 2.05) is 11.3 Å². The maximum atomic E-state index is 4.91. The second-order valence-electron chi connectivity index (χ2n) is 9.36. The summed E-state index contributed by atoms with van der Waals surface area (Å²) in [6, 6.07) is 11.1. The van der Waals surface area contributed by atoms with Crippen molar-refractivity contribution in [1.82, 2.24) is 9.38 Å². The Kier molecular flexibility index (Phi) is 4.90. The second kappa shape index (κ2) is 7.14. The number of aromatic nitrogens is 2. The summed E-state index contributed by atoms with van der Waals surface area (Å²) < 4.78 is 2.39. The molecule has 0 saturated heterocycles. The van der Waals surface area contributed by atoms with Crippen molar-refractivity contribution in [2.45, 2.75) is 54.9 Å². The summed E-state index contributed by atoms with van der Waals surface area (Å²) in [6.07, 6.45) is 5.33. The number of hydrogen-bond donors (Lipinski definition) is 0. The number of rotatable bonds is 3.